The minimum Gasteiger partial charge on any atom is -0.469 e. The Morgan fingerprint density at radius 3 is 3.08 bits per heavy atom. The van der Waals surface area contributed by atoms with E-state index >= 15 is 0 Å². The number of nitrogens with zero attached hydrogens (tertiary/aromatic N) is 1. The zero-order valence-corrected chi connectivity index (χ0v) is 7.01. The van der Waals surface area contributed by atoms with Crippen LogP contribution in [-0.2, 0) is 6.42 Å². The molecule has 0 saturated heterocycles. The highest BCUT2D eigenvalue weighted by atomic mass is 35.5. The fourth-order valence-electron chi connectivity index (χ4n) is 1.02. The highest BCUT2D eigenvalue weighted by molar-refractivity contribution is 6.28. The first kappa shape index (κ1) is 7.43. The van der Waals surface area contributed by atoms with Crippen molar-refractivity contribution in [3.8, 4) is 0 Å². The summed E-state index contributed by atoms with van der Waals surface area (Å²) in [6.45, 7) is 0. The molecule has 0 bridgehead atoms. The molecule has 3 nitrogen and oxygen atoms in total. The van der Waals surface area contributed by atoms with Gasteiger partial charge in [0.05, 0.1) is 6.26 Å². The van der Waals surface area contributed by atoms with Crippen LogP contribution in [0.1, 0.15) is 11.5 Å². The summed E-state index contributed by atoms with van der Waals surface area (Å²) >= 11 is 5.60. The van der Waals surface area contributed by atoms with E-state index in [0.717, 1.165) is 11.5 Å². The number of aromatic amines is 1. The zero-order valence-electron chi connectivity index (χ0n) is 6.25. The molecule has 0 aliphatic carbocycles. The monoisotopic (exact) mass is 182 g/mol. The van der Waals surface area contributed by atoms with E-state index in [0.29, 0.717) is 11.7 Å². The van der Waals surface area contributed by atoms with Crippen molar-refractivity contribution in [1.82, 2.24) is 9.97 Å². The molecule has 0 saturated carbocycles. The molecule has 0 aromatic carbocycles. The molecule has 4 heteroatoms. The van der Waals surface area contributed by atoms with Gasteiger partial charge in [-0.15, -0.1) is 0 Å². The van der Waals surface area contributed by atoms with Crippen molar-refractivity contribution in [2.24, 2.45) is 0 Å². The number of nitrogens with one attached hydrogen (secondary N) is 1. The summed E-state index contributed by atoms with van der Waals surface area (Å²) in [6, 6.07) is 3.77. The Labute approximate surface area is 74.4 Å². The number of aromatic nitrogens is 2. The van der Waals surface area contributed by atoms with E-state index in [4.69, 9.17) is 16.0 Å². The quantitative estimate of drug-likeness (QED) is 0.774. The van der Waals surface area contributed by atoms with Gasteiger partial charge in [-0.1, -0.05) is 0 Å². The Morgan fingerprint density at radius 1 is 1.58 bits per heavy atom. The van der Waals surface area contributed by atoms with Gasteiger partial charge < -0.3 is 9.40 Å². The van der Waals surface area contributed by atoms with Crippen LogP contribution in [0.2, 0.25) is 5.28 Å². The highest BCUT2D eigenvalue weighted by Gasteiger charge is 2.00. The minimum atomic E-state index is 0.413. The lowest BCUT2D eigenvalue weighted by Gasteiger charge is -1.90. The van der Waals surface area contributed by atoms with Gasteiger partial charge in [0.2, 0.25) is 0 Å². The molecule has 1 N–H and O–H groups in total. The predicted octanol–water partition coefficient (Wildman–Crippen LogP) is 2.25. The number of H-pyrrole nitrogens is 1. The molecule has 0 aliphatic rings. The van der Waals surface area contributed by atoms with Crippen LogP contribution in [0.3, 0.4) is 0 Å². The number of rotatable bonds is 2. The van der Waals surface area contributed by atoms with Crippen molar-refractivity contribution < 1.29 is 4.42 Å². The topological polar surface area (TPSA) is 41.8 Å². The largest absolute Gasteiger partial charge is 0.469 e. The lowest BCUT2D eigenvalue weighted by Crippen LogP contribution is -1.84. The Hall–Kier alpha value is -1.22. The lowest BCUT2D eigenvalue weighted by molar-refractivity contribution is 0.519. The van der Waals surface area contributed by atoms with E-state index in [1.807, 2.05) is 12.1 Å². The number of hydrogen-bond acceptors (Lipinski definition) is 2. The molecule has 0 atom stereocenters. The Balaban J connectivity index is 2.14. The highest BCUT2D eigenvalue weighted by Crippen LogP contribution is 2.09. The fraction of sp³-hybridized carbons (Fsp3) is 0.125. The SMILES string of the molecule is Clc1ncc(Cc2ccco2)[nH]1. The first-order valence-corrected chi connectivity index (χ1v) is 3.94. The average Bonchev–Trinajstić information content (AvgIpc) is 2.63. The first-order valence-electron chi connectivity index (χ1n) is 3.56. The molecule has 2 aromatic heterocycles. The predicted molar refractivity (Wildman–Crippen MR) is 45.1 cm³/mol. The van der Waals surface area contributed by atoms with Gasteiger partial charge in [-0.3, -0.25) is 0 Å². The summed E-state index contributed by atoms with van der Waals surface area (Å²) in [5, 5.41) is 0.413. The molecular weight excluding hydrogens is 176 g/mol. The van der Waals surface area contributed by atoms with Gasteiger partial charge in [0.1, 0.15) is 5.76 Å². The number of halogens is 1. The van der Waals surface area contributed by atoms with Crippen molar-refractivity contribution in [1.29, 1.82) is 0 Å². The normalized spacial score (nSPS) is 10.4. The van der Waals surface area contributed by atoms with Crippen LogP contribution >= 0.6 is 11.6 Å². The second kappa shape index (κ2) is 3.03. The summed E-state index contributed by atoms with van der Waals surface area (Å²) in [5.74, 6) is 0.898. The van der Waals surface area contributed by atoms with Crippen molar-refractivity contribution in [2.45, 2.75) is 6.42 Å². The standard InChI is InChI=1S/C8H7ClN2O/c9-8-10-5-6(11-8)4-7-2-1-3-12-7/h1-3,5H,4H2,(H,10,11). The summed E-state index contributed by atoms with van der Waals surface area (Å²) in [5.41, 5.74) is 0.954. The summed E-state index contributed by atoms with van der Waals surface area (Å²) in [6.07, 6.45) is 4.05. The third-order valence-corrected chi connectivity index (χ3v) is 1.73. The first-order chi connectivity index (χ1) is 5.84. The van der Waals surface area contributed by atoms with E-state index in [-0.39, 0.29) is 0 Å². The van der Waals surface area contributed by atoms with Gasteiger partial charge in [-0.05, 0) is 23.7 Å². The van der Waals surface area contributed by atoms with Gasteiger partial charge in [0.25, 0.3) is 0 Å². The van der Waals surface area contributed by atoms with E-state index in [1.54, 1.807) is 12.5 Å². The maximum absolute atomic E-state index is 5.60. The van der Waals surface area contributed by atoms with E-state index in [1.165, 1.54) is 0 Å². The van der Waals surface area contributed by atoms with Crippen LogP contribution in [0.5, 0.6) is 0 Å². The smallest absolute Gasteiger partial charge is 0.200 e. The van der Waals surface area contributed by atoms with Crippen molar-refractivity contribution >= 4 is 11.6 Å². The fourth-order valence-corrected chi connectivity index (χ4v) is 1.19. The van der Waals surface area contributed by atoms with Crippen LogP contribution in [-0.4, -0.2) is 9.97 Å². The van der Waals surface area contributed by atoms with Gasteiger partial charge >= 0.3 is 0 Å². The Morgan fingerprint density at radius 2 is 2.50 bits per heavy atom. The average molecular weight is 183 g/mol. The maximum Gasteiger partial charge on any atom is 0.200 e. The summed E-state index contributed by atoms with van der Waals surface area (Å²) < 4.78 is 5.16. The molecule has 0 fully saturated rings. The number of imidazole rings is 1. The van der Waals surface area contributed by atoms with Crippen molar-refractivity contribution in [3.63, 3.8) is 0 Å². The third-order valence-electron chi connectivity index (χ3n) is 1.54. The zero-order chi connectivity index (χ0) is 8.39. The van der Waals surface area contributed by atoms with E-state index in [9.17, 15) is 0 Å². The number of hydrogen-bond donors (Lipinski definition) is 1. The molecule has 2 aromatic rings. The molecule has 12 heavy (non-hydrogen) atoms. The second-order valence-corrected chi connectivity index (χ2v) is 2.81. The molecule has 0 aliphatic heterocycles. The molecule has 62 valence electrons. The second-order valence-electron chi connectivity index (χ2n) is 2.46. The Bertz CT molecular complexity index is 353. The molecule has 2 heterocycles. The molecule has 2 rings (SSSR count). The Kier molecular flexibility index (Phi) is 1.87. The minimum absolute atomic E-state index is 0.413. The van der Waals surface area contributed by atoms with Crippen LogP contribution in [0.25, 0.3) is 0 Å². The van der Waals surface area contributed by atoms with E-state index < -0.39 is 0 Å². The third kappa shape index (κ3) is 1.51. The van der Waals surface area contributed by atoms with Gasteiger partial charge in [-0.25, -0.2) is 4.98 Å². The molecule has 0 amide bonds. The van der Waals surface area contributed by atoms with Gasteiger partial charge in [0.15, 0.2) is 5.28 Å². The van der Waals surface area contributed by atoms with Crippen LogP contribution in [0.4, 0.5) is 0 Å². The van der Waals surface area contributed by atoms with E-state index in [2.05, 4.69) is 9.97 Å². The lowest BCUT2D eigenvalue weighted by atomic mass is 10.3. The van der Waals surface area contributed by atoms with Gasteiger partial charge in [-0.2, -0.15) is 0 Å². The van der Waals surface area contributed by atoms with Crippen LogP contribution in [0, 0.1) is 0 Å². The van der Waals surface area contributed by atoms with Crippen molar-refractivity contribution in [3.05, 3.63) is 41.3 Å². The molecular formula is C8H7ClN2O. The maximum atomic E-state index is 5.60. The summed E-state index contributed by atoms with van der Waals surface area (Å²) in [4.78, 5) is 6.77. The van der Waals surface area contributed by atoms with Gasteiger partial charge in [0, 0.05) is 18.3 Å². The molecule has 0 spiro atoms. The molecule has 0 radical (unpaired) electrons. The van der Waals surface area contributed by atoms with Crippen molar-refractivity contribution in [2.75, 3.05) is 0 Å². The molecule has 0 unspecified atom stereocenters. The van der Waals surface area contributed by atoms with Crippen LogP contribution in [0.15, 0.2) is 29.0 Å². The number of furan rings is 1. The summed E-state index contributed by atoms with van der Waals surface area (Å²) in [7, 11) is 0. The van der Waals surface area contributed by atoms with Crippen LogP contribution < -0.4 is 0 Å².